The van der Waals surface area contributed by atoms with Gasteiger partial charge in [-0.05, 0) is 32.4 Å². The summed E-state index contributed by atoms with van der Waals surface area (Å²) in [7, 11) is 1.56. The molecule has 0 bridgehead atoms. The third kappa shape index (κ3) is 6.64. The molecule has 0 aliphatic heterocycles. The fourth-order valence-electron chi connectivity index (χ4n) is 1.72. The zero-order chi connectivity index (χ0) is 15.8. The van der Waals surface area contributed by atoms with Gasteiger partial charge < -0.3 is 10.1 Å². The average molecular weight is 310 g/mol. The molecular weight excluding hydrogens is 288 g/mol. The molecule has 0 spiro atoms. The maximum Gasteiger partial charge on any atom is 0.321 e. The second-order valence-corrected chi connectivity index (χ2v) is 5.95. The van der Waals surface area contributed by atoms with E-state index in [2.05, 4.69) is 10.6 Å². The molecule has 1 unspecified atom stereocenters. The minimum Gasteiger partial charge on any atom is -0.383 e. The summed E-state index contributed by atoms with van der Waals surface area (Å²) in [6, 6.07) is 5.45. The van der Waals surface area contributed by atoms with Crippen LogP contribution in [0.4, 0.5) is 4.79 Å². The smallest absolute Gasteiger partial charge is 0.321 e. The highest BCUT2D eigenvalue weighted by Gasteiger charge is 2.11. The molecule has 1 aromatic rings. The summed E-state index contributed by atoms with van der Waals surface area (Å²) in [6.45, 7) is 6.21. The zero-order valence-electron chi connectivity index (χ0n) is 12.9. The van der Waals surface area contributed by atoms with Gasteiger partial charge in [0.2, 0.25) is 5.91 Å². The molecule has 3 amide bonds. The van der Waals surface area contributed by atoms with Gasteiger partial charge in [0.25, 0.3) is 0 Å². The van der Waals surface area contributed by atoms with Crippen molar-refractivity contribution in [3.8, 4) is 0 Å². The molecule has 1 aromatic carbocycles. The van der Waals surface area contributed by atoms with Crippen molar-refractivity contribution in [2.45, 2.75) is 31.7 Å². The molecule has 116 valence electrons. The van der Waals surface area contributed by atoms with Crippen LogP contribution in [0.2, 0.25) is 0 Å². The Labute approximate surface area is 129 Å². The van der Waals surface area contributed by atoms with Crippen molar-refractivity contribution in [3.63, 3.8) is 0 Å². The maximum atomic E-state index is 11.7. The average Bonchev–Trinajstić information content (AvgIpc) is 2.39. The summed E-state index contributed by atoms with van der Waals surface area (Å²) in [5.41, 5.74) is 2.27. The topological polar surface area (TPSA) is 67.4 Å². The molecular formula is C15H22N2O3S. The van der Waals surface area contributed by atoms with Crippen molar-refractivity contribution in [2.24, 2.45) is 0 Å². The Balaban J connectivity index is 2.40. The third-order valence-corrected chi connectivity index (χ3v) is 3.91. The van der Waals surface area contributed by atoms with Crippen molar-refractivity contribution < 1.29 is 14.3 Å². The third-order valence-electron chi connectivity index (χ3n) is 2.75. The lowest BCUT2D eigenvalue weighted by molar-refractivity contribution is -0.117. The van der Waals surface area contributed by atoms with Crippen LogP contribution in [0.5, 0.6) is 0 Å². The Hall–Kier alpha value is -1.53. The van der Waals surface area contributed by atoms with E-state index in [0.29, 0.717) is 6.61 Å². The van der Waals surface area contributed by atoms with Crippen LogP contribution in [0, 0.1) is 13.8 Å². The Morgan fingerprint density at radius 2 is 2.05 bits per heavy atom. The Morgan fingerprint density at radius 3 is 2.71 bits per heavy atom. The van der Waals surface area contributed by atoms with Crippen LogP contribution >= 0.6 is 11.8 Å². The predicted octanol–water partition coefficient (Wildman–Crippen LogP) is 2.26. The van der Waals surface area contributed by atoms with Crippen LogP contribution in [0.15, 0.2) is 23.1 Å². The van der Waals surface area contributed by atoms with Crippen molar-refractivity contribution in [2.75, 3.05) is 19.5 Å². The maximum absolute atomic E-state index is 11.7. The molecule has 6 heteroatoms. The first-order valence-corrected chi connectivity index (χ1v) is 7.70. The van der Waals surface area contributed by atoms with Gasteiger partial charge in [-0.2, -0.15) is 0 Å². The van der Waals surface area contributed by atoms with Gasteiger partial charge in [-0.1, -0.05) is 17.7 Å². The van der Waals surface area contributed by atoms with Crippen molar-refractivity contribution >= 4 is 23.7 Å². The number of methoxy groups -OCH3 is 1. The van der Waals surface area contributed by atoms with Gasteiger partial charge in [0.1, 0.15) is 0 Å². The normalized spacial score (nSPS) is 11.8. The SMILES string of the molecule is COCC(C)NC(=O)NC(=O)CSc1cc(C)ccc1C. The summed E-state index contributed by atoms with van der Waals surface area (Å²) in [5, 5.41) is 4.93. The Kier molecular flexibility index (Phi) is 7.25. The molecule has 0 saturated carbocycles. The molecule has 1 atom stereocenters. The highest BCUT2D eigenvalue weighted by Crippen LogP contribution is 2.23. The van der Waals surface area contributed by atoms with E-state index in [1.165, 1.54) is 11.8 Å². The van der Waals surface area contributed by atoms with E-state index in [0.717, 1.165) is 16.0 Å². The van der Waals surface area contributed by atoms with E-state index < -0.39 is 6.03 Å². The number of thioether (sulfide) groups is 1. The highest BCUT2D eigenvalue weighted by atomic mass is 32.2. The second-order valence-electron chi connectivity index (χ2n) is 4.94. The second kappa shape index (κ2) is 8.69. The molecule has 0 aromatic heterocycles. The van der Waals surface area contributed by atoms with E-state index in [-0.39, 0.29) is 17.7 Å². The minimum atomic E-state index is -0.494. The summed E-state index contributed by atoms with van der Waals surface area (Å²) < 4.78 is 4.91. The molecule has 0 radical (unpaired) electrons. The number of ether oxygens (including phenoxy) is 1. The number of hydrogen-bond acceptors (Lipinski definition) is 4. The molecule has 2 N–H and O–H groups in total. The summed E-state index contributed by atoms with van der Waals surface area (Å²) in [6.07, 6.45) is 0. The quantitative estimate of drug-likeness (QED) is 0.791. The number of imide groups is 1. The van der Waals surface area contributed by atoms with Gasteiger partial charge in [0.15, 0.2) is 0 Å². The fraction of sp³-hybridized carbons (Fsp3) is 0.467. The number of nitrogens with one attached hydrogen (secondary N) is 2. The molecule has 5 nitrogen and oxygen atoms in total. The van der Waals surface area contributed by atoms with Crippen LogP contribution in [-0.4, -0.2) is 37.4 Å². The molecule has 0 fully saturated rings. The van der Waals surface area contributed by atoms with Gasteiger partial charge in [-0.3, -0.25) is 10.1 Å². The summed E-state index contributed by atoms with van der Waals surface area (Å²) in [4.78, 5) is 24.4. The van der Waals surface area contributed by atoms with Crippen LogP contribution in [0.25, 0.3) is 0 Å². The lowest BCUT2D eigenvalue weighted by Crippen LogP contribution is -2.45. The van der Waals surface area contributed by atoms with Crippen LogP contribution < -0.4 is 10.6 Å². The first-order chi connectivity index (χ1) is 9.92. The largest absolute Gasteiger partial charge is 0.383 e. The molecule has 0 saturated heterocycles. The number of hydrogen-bond donors (Lipinski definition) is 2. The summed E-state index contributed by atoms with van der Waals surface area (Å²) >= 11 is 1.42. The lowest BCUT2D eigenvalue weighted by Gasteiger charge is -2.13. The molecule has 21 heavy (non-hydrogen) atoms. The van der Waals surface area contributed by atoms with E-state index >= 15 is 0 Å². The summed E-state index contributed by atoms with van der Waals surface area (Å²) in [5.74, 6) is -0.112. The monoisotopic (exact) mass is 310 g/mol. The molecule has 0 heterocycles. The van der Waals surface area contributed by atoms with E-state index in [4.69, 9.17) is 4.74 Å². The highest BCUT2D eigenvalue weighted by molar-refractivity contribution is 8.00. The standard InChI is InChI=1S/C15H22N2O3S/c1-10-5-6-11(2)13(7-10)21-9-14(18)17-15(19)16-12(3)8-20-4/h5-7,12H,8-9H2,1-4H3,(H2,16,17,18,19). The predicted molar refractivity (Wildman–Crippen MR) is 84.7 cm³/mol. The zero-order valence-corrected chi connectivity index (χ0v) is 13.7. The van der Waals surface area contributed by atoms with Gasteiger partial charge in [-0.25, -0.2) is 4.79 Å². The number of urea groups is 1. The number of benzene rings is 1. The molecule has 0 aliphatic rings. The number of amides is 3. The Morgan fingerprint density at radius 1 is 1.33 bits per heavy atom. The number of aryl methyl sites for hydroxylation is 2. The number of carbonyl (C=O) groups is 2. The van der Waals surface area contributed by atoms with Crippen molar-refractivity contribution in [3.05, 3.63) is 29.3 Å². The van der Waals surface area contributed by atoms with Gasteiger partial charge >= 0.3 is 6.03 Å². The van der Waals surface area contributed by atoms with E-state index in [1.54, 1.807) is 14.0 Å². The lowest BCUT2D eigenvalue weighted by atomic mass is 10.2. The van der Waals surface area contributed by atoms with Crippen LogP contribution in [0.3, 0.4) is 0 Å². The van der Waals surface area contributed by atoms with Crippen LogP contribution in [0.1, 0.15) is 18.1 Å². The number of carbonyl (C=O) groups excluding carboxylic acids is 2. The fourth-order valence-corrected chi connectivity index (χ4v) is 2.64. The van der Waals surface area contributed by atoms with E-state index in [9.17, 15) is 9.59 Å². The molecule has 1 rings (SSSR count). The molecule has 0 aliphatic carbocycles. The minimum absolute atomic E-state index is 0.144. The Bertz CT molecular complexity index is 506. The first kappa shape index (κ1) is 17.5. The van der Waals surface area contributed by atoms with Gasteiger partial charge in [0.05, 0.1) is 18.4 Å². The van der Waals surface area contributed by atoms with E-state index in [1.807, 2.05) is 32.0 Å². The first-order valence-electron chi connectivity index (χ1n) is 6.71. The number of rotatable bonds is 6. The van der Waals surface area contributed by atoms with Crippen LogP contribution in [-0.2, 0) is 9.53 Å². The van der Waals surface area contributed by atoms with Gasteiger partial charge in [0, 0.05) is 12.0 Å². The van der Waals surface area contributed by atoms with Gasteiger partial charge in [-0.15, -0.1) is 11.8 Å². The van der Waals surface area contributed by atoms with Crippen molar-refractivity contribution in [1.29, 1.82) is 0 Å². The van der Waals surface area contributed by atoms with Crippen molar-refractivity contribution in [1.82, 2.24) is 10.6 Å².